The summed E-state index contributed by atoms with van der Waals surface area (Å²) in [5, 5.41) is 3.29. The van der Waals surface area contributed by atoms with E-state index in [-0.39, 0.29) is 17.5 Å². The molecular formula is C16H23BrFNO. The summed E-state index contributed by atoms with van der Waals surface area (Å²) in [5.41, 5.74) is 0.373. The van der Waals surface area contributed by atoms with Crippen molar-refractivity contribution in [3.05, 3.63) is 34.1 Å². The molecule has 1 aromatic carbocycles. The average Bonchev–Trinajstić information content (AvgIpc) is 2.71. The van der Waals surface area contributed by atoms with Crippen molar-refractivity contribution in [3.63, 3.8) is 0 Å². The summed E-state index contributed by atoms with van der Waals surface area (Å²) in [6, 6.07) is 5.35. The van der Waals surface area contributed by atoms with Crippen molar-refractivity contribution >= 4 is 15.9 Å². The van der Waals surface area contributed by atoms with Gasteiger partial charge in [-0.2, -0.15) is 0 Å². The number of rotatable bonds is 4. The van der Waals surface area contributed by atoms with Gasteiger partial charge in [0.25, 0.3) is 0 Å². The van der Waals surface area contributed by atoms with Crippen molar-refractivity contribution in [3.8, 4) is 0 Å². The molecule has 0 saturated heterocycles. The Balaban J connectivity index is 2.40. The fourth-order valence-electron chi connectivity index (χ4n) is 3.38. The topological polar surface area (TPSA) is 21.3 Å². The van der Waals surface area contributed by atoms with E-state index < -0.39 is 0 Å². The molecule has 1 aliphatic carbocycles. The molecule has 2 nitrogen and oxygen atoms in total. The largest absolute Gasteiger partial charge is 0.376 e. The van der Waals surface area contributed by atoms with Crippen LogP contribution in [0.25, 0.3) is 0 Å². The fraction of sp³-hybridized carbons (Fsp3) is 0.625. The summed E-state index contributed by atoms with van der Waals surface area (Å²) in [7, 11) is 3.64. The fourth-order valence-corrected chi connectivity index (χ4v) is 3.76. The maximum absolute atomic E-state index is 14.5. The molecule has 0 bridgehead atoms. The van der Waals surface area contributed by atoms with Crippen molar-refractivity contribution < 1.29 is 9.13 Å². The highest BCUT2D eigenvalue weighted by molar-refractivity contribution is 9.10. The standard InChI is InChI=1S/C16H23BrFNO/c1-19-15(12-8-7-9-13(17)14(12)18)16(20-2)10-5-3-4-6-11-16/h7-9,15,19H,3-6,10-11H2,1-2H3. The maximum atomic E-state index is 14.5. The summed E-state index contributed by atoms with van der Waals surface area (Å²) in [4.78, 5) is 0. The molecule has 20 heavy (non-hydrogen) atoms. The summed E-state index contributed by atoms with van der Waals surface area (Å²) >= 11 is 3.28. The summed E-state index contributed by atoms with van der Waals surface area (Å²) < 4.78 is 20.9. The van der Waals surface area contributed by atoms with Crippen LogP contribution in [0.4, 0.5) is 4.39 Å². The molecule has 1 saturated carbocycles. The zero-order chi connectivity index (χ0) is 14.6. The highest BCUT2D eigenvalue weighted by Crippen LogP contribution is 2.41. The Morgan fingerprint density at radius 1 is 1.25 bits per heavy atom. The first-order valence-corrected chi connectivity index (χ1v) is 8.10. The number of nitrogens with one attached hydrogen (secondary N) is 1. The summed E-state index contributed by atoms with van der Waals surface area (Å²) in [6.45, 7) is 0. The smallest absolute Gasteiger partial charge is 0.142 e. The van der Waals surface area contributed by atoms with Crippen LogP contribution >= 0.6 is 15.9 Å². The van der Waals surface area contributed by atoms with Gasteiger partial charge in [-0.05, 0) is 41.9 Å². The number of benzene rings is 1. The first kappa shape index (κ1) is 15.9. The van der Waals surface area contributed by atoms with E-state index in [1.807, 2.05) is 19.2 Å². The van der Waals surface area contributed by atoms with Gasteiger partial charge >= 0.3 is 0 Å². The van der Waals surface area contributed by atoms with E-state index in [0.717, 1.165) is 25.7 Å². The zero-order valence-corrected chi connectivity index (χ0v) is 13.8. The third kappa shape index (κ3) is 3.07. The number of methoxy groups -OCH3 is 1. The minimum Gasteiger partial charge on any atom is -0.376 e. The van der Waals surface area contributed by atoms with E-state index in [1.165, 1.54) is 12.8 Å². The predicted octanol–water partition coefficient (Wildman–Crippen LogP) is 4.59. The van der Waals surface area contributed by atoms with Gasteiger partial charge in [-0.25, -0.2) is 4.39 Å². The average molecular weight is 344 g/mol. The summed E-state index contributed by atoms with van der Waals surface area (Å²) in [5.74, 6) is -0.187. The van der Waals surface area contributed by atoms with Gasteiger partial charge < -0.3 is 10.1 Å². The van der Waals surface area contributed by atoms with Crippen molar-refractivity contribution in [1.29, 1.82) is 0 Å². The van der Waals surface area contributed by atoms with Crippen LogP contribution in [0.2, 0.25) is 0 Å². The van der Waals surface area contributed by atoms with Gasteiger partial charge in [-0.1, -0.05) is 37.8 Å². The third-order valence-corrected chi connectivity index (χ3v) is 5.08. The van der Waals surface area contributed by atoms with Crippen LogP contribution in [-0.4, -0.2) is 19.8 Å². The van der Waals surface area contributed by atoms with Gasteiger partial charge in [0.05, 0.1) is 16.1 Å². The molecule has 1 atom stereocenters. The molecule has 4 heteroatoms. The van der Waals surface area contributed by atoms with Gasteiger partial charge in [0.1, 0.15) is 5.82 Å². The Bertz CT molecular complexity index is 444. The maximum Gasteiger partial charge on any atom is 0.142 e. The molecule has 1 aromatic rings. The Labute approximate surface area is 129 Å². The monoisotopic (exact) mass is 343 g/mol. The lowest BCUT2D eigenvalue weighted by Crippen LogP contribution is -2.44. The molecule has 0 aliphatic heterocycles. The highest BCUT2D eigenvalue weighted by atomic mass is 79.9. The lowest BCUT2D eigenvalue weighted by molar-refractivity contribution is -0.0530. The molecule has 0 aromatic heterocycles. The minimum absolute atomic E-state index is 0.122. The molecule has 0 heterocycles. The van der Waals surface area contributed by atoms with Crippen LogP contribution in [0.15, 0.2) is 22.7 Å². The van der Waals surface area contributed by atoms with Crippen LogP contribution in [-0.2, 0) is 4.74 Å². The zero-order valence-electron chi connectivity index (χ0n) is 12.2. The second-order valence-corrected chi connectivity index (χ2v) is 6.40. The molecule has 1 N–H and O–H groups in total. The van der Waals surface area contributed by atoms with E-state index in [4.69, 9.17) is 4.74 Å². The van der Waals surface area contributed by atoms with Gasteiger partial charge in [0.2, 0.25) is 0 Å². The van der Waals surface area contributed by atoms with Crippen molar-refractivity contribution in [2.75, 3.05) is 14.2 Å². The van der Waals surface area contributed by atoms with Gasteiger partial charge in [0, 0.05) is 12.7 Å². The third-order valence-electron chi connectivity index (χ3n) is 4.46. The van der Waals surface area contributed by atoms with Crippen molar-refractivity contribution in [2.24, 2.45) is 0 Å². The highest BCUT2D eigenvalue weighted by Gasteiger charge is 2.40. The van der Waals surface area contributed by atoms with Gasteiger partial charge in [-0.15, -0.1) is 0 Å². The minimum atomic E-state index is -0.313. The molecule has 0 spiro atoms. The van der Waals surface area contributed by atoms with Crippen LogP contribution in [0.1, 0.15) is 50.1 Å². The second kappa shape index (κ2) is 7.01. The van der Waals surface area contributed by atoms with Gasteiger partial charge in [0.15, 0.2) is 0 Å². The second-order valence-electron chi connectivity index (χ2n) is 5.55. The lowest BCUT2D eigenvalue weighted by Gasteiger charge is -2.39. The first-order valence-electron chi connectivity index (χ1n) is 7.31. The van der Waals surface area contributed by atoms with E-state index in [2.05, 4.69) is 21.2 Å². The molecular weight excluding hydrogens is 321 g/mol. The number of likely N-dealkylation sites (N-methyl/N-ethyl adjacent to an activating group) is 1. The lowest BCUT2D eigenvalue weighted by atomic mass is 9.82. The quantitative estimate of drug-likeness (QED) is 0.807. The Morgan fingerprint density at radius 2 is 1.90 bits per heavy atom. The van der Waals surface area contributed by atoms with E-state index >= 15 is 0 Å². The van der Waals surface area contributed by atoms with Crippen LogP contribution in [0, 0.1) is 5.82 Å². The molecule has 112 valence electrons. The number of halogens is 2. The normalized spacial score (nSPS) is 20.4. The Hall–Kier alpha value is -0.450. The van der Waals surface area contributed by atoms with Crippen LogP contribution < -0.4 is 5.32 Å². The summed E-state index contributed by atoms with van der Waals surface area (Å²) in [6.07, 6.45) is 6.70. The van der Waals surface area contributed by atoms with Crippen LogP contribution in [0.3, 0.4) is 0 Å². The molecule has 0 amide bonds. The first-order chi connectivity index (χ1) is 9.64. The molecule has 1 unspecified atom stereocenters. The van der Waals surface area contributed by atoms with E-state index in [9.17, 15) is 4.39 Å². The molecule has 1 fully saturated rings. The van der Waals surface area contributed by atoms with Crippen LogP contribution in [0.5, 0.6) is 0 Å². The Kier molecular flexibility index (Phi) is 5.58. The van der Waals surface area contributed by atoms with Gasteiger partial charge in [-0.3, -0.25) is 0 Å². The SMILES string of the molecule is CNC(c1cccc(Br)c1F)C1(OC)CCCCCC1. The number of ether oxygens (including phenoxy) is 1. The van der Waals surface area contributed by atoms with Crippen molar-refractivity contribution in [2.45, 2.75) is 50.2 Å². The molecule has 1 aliphatic rings. The molecule has 2 rings (SSSR count). The van der Waals surface area contributed by atoms with E-state index in [0.29, 0.717) is 10.0 Å². The van der Waals surface area contributed by atoms with E-state index in [1.54, 1.807) is 13.2 Å². The molecule has 0 radical (unpaired) electrons. The predicted molar refractivity (Wildman–Crippen MR) is 83.3 cm³/mol. The number of hydrogen-bond donors (Lipinski definition) is 1. The number of hydrogen-bond acceptors (Lipinski definition) is 2. The van der Waals surface area contributed by atoms with Crippen molar-refractivity contribution in [1.82, 2.24) is 5.32 Å². The Morgan fingerprint density at radius 3 is 2.45 bits per heavy atom.